The van der Waals surface area contributed by atoms with Crippen molar-refractivity contribution in [2.75, 3.05) is 0 Å². The van der Waals surface area contributed by atoms with Gasteiger partial charge in [-0.15, -0.1) is 0 Å². The van der Waals surface area contributed by atoms with Gasteiger partial charge in [0.2, 0.25) is 0 Å². The molecule has 0 saturated carbocycles. The second-order valence-corrected chi connectivity index (χ2v) is 13.7. The van der Waals surface area contributed by atoms with E-state index in [2.05, 4.69) is 172 Å². The first-order valence-electron chi connectivity index (χ1n) is 16.6. The summed E-state index contributed by atoms with van der Waals surface area (Å²) >= 11 is 0. The molecule has 47 heavy (non-hydrogen) atoms. The minimum Gasteiger partial charge on any atom is -0.0616 e. The number of hydrogen-bond donors (Lipinski definition) is 0. The molecule has 9 aromatic carbocycles. The van der Waals surface area contributed by atoms with Crippen molar-refractivity contribution >= 4 is 53.9 Å². The van der Waals surface area contributed by atoms with Gasteiger partial charge in [0, 0.05) is 5.41 Å². The Kier molecular flexibility index (Phi) is 5.44. The molecule has 10 rings (SSSR count). The molecule has 0 heterocycles. The van der Waals surface area contributed by atoms with Crippen LogP contribution in [0.1, 0.15) is 25.0 Å². The van der Waals surface area contributed by atoms with Gasteiger partial charge in [0.05, 0.1) is 0 Å². The first-order valence-corrected chi connectivity index (χ1v) is 16.6. The van der Waals surface area contributed by atoms with Gasteiger partial charge in [-0.3, -0.25) is 0 Å². The molecule has 9 aromatic rings. The Labute approximate surface area is 274 Å². The molecule has 0 nitrogen and oxygen atoms in total. The SMILES string of the molecule is CC1(C)c2cc(-c3c4ccccc4cc4c3ccc3ccccc34)cc(-c3cccc4ccccc34)c2-c2ccc3ccccc3c21. The number of rotatable bonds is 2. The second kappa shape index (κ2) is 9.64. The minimum absolute atomic E-state index is 0.187. The summed E-state index contributed by atoms with van der Waals surface area (Å²) in [5.74, 6) is 0. The zero-order valence-electron chi connectivity index (χ0n) is 26.5. The Morgan fingerprint density at radius 2 is 0.936 bits per heavy atom. The van der Waals surface area contributed by atoms with Gasteiger partial charge >= 0.3 is 0 Å². The van der Waals surface area contributed by atoms with Gasteiger partial charge < -0.3 is 0 Å². The second-order valence-electron chi connectivity index (χ2n) is 13.7. The molecule has 220 valence electrons. The predicted molar refractivity (Wildman–Crippen MR) is 202 cm³/mol. The molecule has 0 spiro atoms. The van der Waals surface area contributed by atoms with Gasteiger partial charge in [-0.2, -0.15) is 0 Å². The van der Waals surface area contributed by atoms with Crippen LogP contribution >= 0.6 is 0 Å². The van der Waals surface area contributed by atoms with Crippen molar-refractivity contribution in [3.05, 3.63) is 169 Å². The number of benzene rings is 9. The molecule has 0 aliphatic heterocycles. The molecule has 0 saturated heterocycles. The third kappa shape index (κ3) is 3.70. The summed E-state index contributed by atoms with van der Waals surface area (Å²) in [7, 11) is 0. The molecule has 0 radical (unpaired) electrons. The van der Waals surface area contributed by atoms with Crippen molar-refractivity contribution in [3.63, 3.8) is 0 Å². The number of fused-ring (bicyclic) bond motifs is 10. The summed E-state index contributed by atoms with van der Waals surface area (Å²) in [5.41, 5.74) is 10.5. The summed E-state index contributed by atoms with van der Waals surface area (Å²) in [6.45, 7) is 4.85. The summed E-state index contributed by atoms with van der Waals surface area (Å²) in [6, 6.07) is 58.9. The van der Waals surface area contributed by atoms with E-state index in [9.17, 15) is 0 Å². The van der Waals surface area contributed by atoms with E-state index in [-0.39, 0.29) is 5.41 Å². The quantitative estimate of drug-likeness (QED) is 0.138. The normalized spacial score (nSPS) is 13.5. The van der Waals surface area contributed by atoms with E-state index >= 15 is 0 Å². The smallest absolute Gasteiger partial charge is 0.0165 e. The Morgan fingerprint density at radius 3 is 1.72 bits per heavy atom. The summed E-state index contributed by atoms with van der Waals surface area (Å²) in [6.07, 6.45) is 0. The van der Waals surface area contributed by atoms with Crippen LogP contribution in [0, 0.1) is 0 Å². The Morgan fingerprint density at radius 1 is 0.340 bits per heavy atom. The monoisotopic (exact) mass is 596 g/mol. The topological polar surface area (TPSA) is 0 Å². The maximum Gasteiger partial charge on any atom is 0.0165 e. The van der Waals surface area contributed by atoms with Crippen LogP contribution in [0.5, 0.6) is 0 Å². The van der Waals surface area contributed by atoms with E-state index < -0.39 is 0 Å². The molecule has 0 amide bonds. The fourth-order valence-electron chi connectivity index (χ4n) is 8.66. The Bertz CT molecular complexity index is 2750. The molecule has 0 bridgehead atoms. The molecule has 0 aromatic heterocycles. The van der Waals surface area contributed by atoms with E-state index in [0.29, 0.717) is 0 Å². The highest BCUT2D eigenvalue weighted by Gasteiger charge is 2.39. The third-order valence-corrected chi connectivity index (χ3v) is 10.8. The van der Waals surface area contributed by atoms with Gasteiger partial charge in [0.15, 0.2) is 0 Å². The molecule has 1 aliphatic carbocycles. The minimum atomic E-state index is -0.187. The summed E-state index contributed by atoms with van der Waals surface area (Å²) in [5, 5.41) is 12.9. The molecule has 0 fully saturated rings. The van der Waals surface area contributed by atoms with Crippen molar-refractivity contribution in [2.24, 2.45) is 0 Å². The standard InChI is InChI=1S/C47H32/c1-47(2)43-28-33(44-36-19-9-6-15-32(36)26-41-35-18-8-4-13-30(35)22-24-39(41)44)27-42(38-21-11-16-29-12-3-7-17-34(29)38)45(43)40-25-23-31-14-5-10-20-37(31)46(40)47/h3-28H,1-2H3. The van der Waals surface area contributed by atoms with Crippen molar-refractivity contribution < 1.29 is 0 Å². The third-order valence-electron chi connectivity index (χ3n) is 10.8. The fourth-order valence-corrected chi connectivity index (χ4v) is 8.66. The molecule has 0 atom stereocenters. The van der Waals surface area contributed by atoms with Gasteiger partial charge in [-0.05, 0) is 117 Å². The molecule has 0 heteroatoms. The molecule has 1 aliphatic rings. The van der Waals surface area contributed by atoms with E-state index in [1.807, 2.05) is 0 Å². The highest BCUT2D eigenvalue weighted by atomic mass is 14.4. The lowest BCUT2D eigenvalue weighted by Gasteiger charge is -2.25. The summed E-state index contributed by atoms with van der Waals surface area (Å²) < 4.78 is 0. The summed E-state index contributed by atoms with van der Waals surface area (Å²) in [4.78, 5) is 0. The van der Waals surface area contributed by atoms with Crippen molar-refractivity contribution in [3.8, 4) is 33.4 Å². The van der Waals surface area contributed by atoms with Crippen molar-refractivity contribution in [1.82, 2.24) is 0 Å². The first-order chi connectivity index (χ1) is 23.1. The zero-order valence-corrected chi connectivity index (χ0v) is 26.5. The Balaban J connectivity index is 1.39. The lowest BCUT2D eigenvalue weighted by molar-refractivity contribution is 0.666. The van der Waals surface area contributed by atoms with Crippen LogP contribution in [0.15, 0.2) is 158 Å². The average molecular weight is 597 g/mol. The van der Waals surface area contributed by atoms with E-state index in [4.69, 9.17) is 0 Å². The van der Waals surface area contributed by atoms with Crippen molar-refractivity contribution in [1.29, 1.82) is 0 Å². The lowest BCUT2D eigenvalue weighted by Crippen LogP contribution is -2.15. The van der Waals surface area contributed by atoms with E-state index in [1.165, 1.54) is 98.4 Å². The maximum absolute atomic E-state index is 2.52. The van der Waals surface area contributed by atoms with Gasteiger partial charge in [0.1, 0.15) is 0 Å². The van der Waals surface area contributed by atoms with Crippen LogP contribution in [0.3, 0.4) is 0 Å². The molecular formula is C47H32. The van der Waals surface area contributed by atoms with Crippen LogP contribution in [0.4, 0.5) is 0 Å². The maximum atomic E-state index is 2.52. The van der Waals surface area contributed by atoms with Crippen LogP contribution in [0.25, 0.3) is 87.2 Å². The van der Waals surface area contributed by atoms with Gasteiger partial charge in [0.25, 0.3) is 0 Å². The molecule has 0 N–H and O–H groups in total. The largest absolute Gasteiger partial charge is 0.0616 e. The van der Waals surface area contributed by atoms with E-state index in [1.54, 1.807) is 0 Å². The van der Waals surface area contributed by atoms with Crippen molar-refractivity contribution in [2.45, 2.75) is 19.3 Å². The fraction of sp³-hybridized carbons (Fsp3) is 0.0638. The first kappa shape index (κ1) is 26.5. The zero-order chi connectivity index (χ0) is 31.3. The highest BCUT2D eigenvalue weighted by molar-refractivity contribution is 6.21. The van der Waals surface area contributed by atoms with Crippen LogP contribution < -0.4 is 0 Å². The van der Waals surface area contributed by atoms with E-state index in [0.717, 1.165) is 0 Å². The van der Waals surface area contributed by atoms with Crippen LogP contribution in [0.2, 0.25) is 0 Å². The number of hydrogen-bond acceptors (Lipinski definition) is 0. The molecular weight excluding hydrogens is 565 g/mol. The lowest BCUT2D eigenvalue weighted by atomic mass is 9.78. The van der Waals surface area contributed by atoms with Gasteiger partial charge in [-0.1, -0.05) is 153 Å². The van der Waals surface area contributed by atoms with Crippen LogP contribution in [-0.4, -0.2) is 0 Å². The Hall–Kier alpha value is -5.72. The molecule has 0 unspecified atom stereocenters. The van der Waals surface area contributed by atoms with Gasteiger partial charge in [-0.25, -0.2) is 0 Å². The highest BCUT2D eigenvalue weighted by Crippen LogP contribution is 2.56. The van der Waals surface area contributed by atoms with Crippen LogP contribution in [-0.2, 0) is 5.41 Å². The predicted octanol–water partition coefficient (Wildman–Crippen LogP) is 13.1. The average Bonchev–Trinajstić information content (AvgIpc) is 3.36.